The van der Waals surface area contributed by atoms with Gasteiger partial charge in [-0.2, -0.15) is 0 Å². The van der Waals surface area contributed by atoms with Gasteiger partial charge in [-0.3, -0.25) is 4.79 Å². The SMILES string of the molecule is Cc1cccc(O[C@H](C)C(=O)Nc2ccc(Br)cc2F)c1. The summed E-state index contributed by atoms with van der Waals surface area (Å²) < 4.78 is 19.8. The number of nitrogens with one attached hydrogen (secondary N) is 1. The molecule has 2 aromatic rings. The standard InChI is InChI=1S/C16H15BrFNO2/c1-10-4-3-5-13(8-10)21-11(2)16(20)19-15-7-6-12(17)9-14(15)18/h3-9,11H,1-2H3,(H,19,20)/t11-/m1/s1. The number of halogens is 2. The van der Waals surface area contributed by atoms with Crippen molar-refractivity contribution < 1.29 is 13.9 Å². The molecular weight excluding hydrogens is 337 g/mol. The largest absolute Gasteiger partial charge is 0.481 e. The van der Waals surface area contributed by atoms with Crippen molar-refractivity contribution in [2.24, 2.45) is 0 Å². The molecule has 0 bridgehead atoms. The first-order valence-corrected chi connectivity index (χ1v) is 7.24. The van der Waals surface area contributed by atoms with E-state index in [4.69, 9.17) is 4.74 Å². The van der Waals surface area contributed by atoms with E-state index in [2.05, 4.69) is 21.2 Å². The van der Waals surface area contributed by atoms with Crippen molar-refractivity contribution in [2.45, 2.75) is 20.0 Å². The van der Waals surface area contributed by atoms with Crippen LogP contribution in [0.1, 0.15) is 12.5 Å². The van der Waals surface area contributed by atoms with E-state index >= 15 is 0 Å². The lowest BCUT2D eigenvalue weighted by atomic mass is 10.2. The van der Waals surface area contributed by atoms with Crippen molar-refractivity contribution in [2.75, 3.05) is 5.32 Å². The fourth-order valence-corrected chi connectivity index (χ4v) is 2.10. The number of hydrogen-bond acceptors (Lipinski definition) is 2. The summed E-state index contributed by atoms with van der Waals surface area (Å²) in [7, 11) is 0. The predicted octanol–water partition coefficient (Wildman–Crippen LogP) is 4.30. The Kier molecular flexibility index (Phi) is 4.96. The Labute approximate surface area is 131 Å². The molecule has 2 rings (SSSR count). The number of carbonyl (C=O) groups is 1. The van der Waals surface area contributed by atoms with Gasteiger partial charge in [-0.05, 0) is 49.7 Å². The second kappa shape index (κ2) is 6.72. The number of benzene rings is 2. The number of hydrogen-bond donors (Lipinski definition) is 1. The summed E-state index contributed by atoms with van der Waals surface area (Å²) in [4.78, 5) is 12.0. The van der Waals surface area contributed by atoms with Crippen LogP contribution < -0.4 is 10.1 Å². The molecule has 0 aliphatic carbocycles. The second-order valence-corrected chi connectivity index (χ2v) is 5.61. The van der Waals surface area contributed by atoms with E-state index in [0.717, 1.165) is 5.56 Å². The van der Waals surface area contributed by atoms with Crippen molar-refractivity contribution in [1.82, 2.24) is 0 Å². The summed E-state index contributed by atoms with van der Waals surface area (Å²) in [6.45, 7) is 3.56. The van der Waals surface area contributed by atoms with E-state index in [0.29, 0.717) is 10.2 Å². The molecule has 0 spiro atoms. The molecular formula is C16H15BrFNO2. The van der Waals surface area contributed by atoms with Crippen molar-refractivity contribution in [3.63, 3.8) is 0 Å². The van der Waals surface area contributed by atoms with Gasteiger partial charge < -0.3 is 10.1 Å². The molecule has 0 saturated carbocycles. The molecule has 0 fully saturated rings. The van der Waals surface area contributed by atoms with Gasteiger partial charge in [0.25, 0.3) is 5.91 Å². The minimum absolute atomic E-state index is 0.128. The van der Waals surface area contributed by atoms with Crippen LogP contribution in [0.4, 0.5) is 10.1 Å². The molecule has 0 aliphatic rings. The average Bonchev–Trinajstić information content (AvgIpc) is 2.41. The highest BCUT2D eigenvalue weighted by Crippen LogP contribution is 2.20. The Morgan fingerprint density at radius 2 is 2.05 bits per heavy atom. The third kappa shape index (κ3) is 4.29. The van der Waals surface area contributed by atoms with Gasteiger partial charge in [-0.25, -0.2) is 4.39 Å². The fourth-order valence-electron chi connectivity index (χ4n) is 1.77. The summed E-state index contributed by atoms with van der Waals surface area (Å²) in [6, 6.07) is 11.8. The second-order valence-electron chi connectivity index (χ2n) is 4.69. The highest BCUT2D eigenvalue weighted by molar-refractivity contribution is 9.10. The number of amides is 1. The number of anilines is 1. The van der Waals surface area contributed by atoms with Gasteiger partial charge in [-0.15, -0.1) is 0 Å². The Hall–Kier alpha value is -1.88. The maximum Gasteiger partial charge on any atom is 0.265 e. The molecule has 21 heavy (non-hydrogen) atoms. The zero-order valence-electron chi connectivity index (χ0n) is 11.7. The Bertz CT molecular complexity index is 660. The van der Waals surface area contributed by atoms with E-state index in [1.165, 1.54) is 12.1 Å². The number of carbonyl (C=O) groups excluding carboxylic acids is 1. The van der Waals surface area contributed by atoms with Crippen molar-refractivity contribution in [1.29, 1.82) is 0 Å². The normalized spacial score (nSPS) is 11.8. The highest BCUT2D eigenvalue weighted by atomic mass is 79.9. The minimum atomic E-state index is -0.727. The molecule has 0 saturated heterocycles. The Balaban J connectivity index is 2.02. The van der Waals surface area contributed by atoms with Crippen LogP contribution in [0.3, 0.4) is 0 Å². The summed E-state index contributed by atoms with van der Waals surface area (Å²) in [5.74, 6) is -0.299. The first-order valence-electron chi connectivity index (χ1n) is 6.45. The minimum Gasteiger partial charge on any atom is -0.481 e. The van der Waals surface area contributed by atoms with Gasteiger partial charge in [0.2, 0.25) is 0 Å². The van der Waals surface area contributed by atoms with Crippen molar-refractivity contribution in [3.8, 4) is 5.75 Å². The van der Waals surface area contributed by atoms with Crippen LogP contribution in [-0.2, 0) is 4.79 Å². The van der Waals surface area contributed by atoms with Crippen molar-refractivity contribution >= 4 is 27.5 Å². The van der Waals surface area contributed by atoms with Gasteiger partial charge in [0.15, 0.2) is 6.10 Å². The van der Waals surface area contributed by atoms with Crippen LogP contribution in [0.2, 0.25) is 0 Å². The van der Waals surface area contributed by atoms with Crippen LogP contribution in [-0.4, -0.2) is 12.0 Å². The molecule has 1 amide bonds. The first kappa shape index (κ1) is 15.5. The monoisotopic (exact) mass is 351 g/mol. The lowest BCUT2D eigenvalue weighted by Crippen LogP contribution is -2.30. The molecule has 1 N–H and O–H groups in total. The average molecular weight is 352 g/mol. The highest BCUT2D eigenvalue weighted by Gasteiger charge is 2.16. The Morgan fingerprint density at radius 3 is 2.71 bits per heavy atom. The lowest BCUT2D eigenvalue weighted by molar-refractivity contribution is -0.122. The summed E-state index contributed by atoms with van der Waals surface area (Å²) in [5, 5.41) is 2.51. The summed E-state index contributed by atoms with van der Waals surface area (Å²) in [6.07, 6.45) is -0.727. The third-order valence-corrected chi connectivity index (χ3v) is 3.35. The van der Waals surface area contributed by atoms with E-state index in [9.17, 15) is 9.18 Å². The first-order chi connectivity index (χ1) is 9.95. The maximum atomic E-state index is 13.7. The predicted molar refractivity (Wildman–Crippen MR) is 84.0 cm³/mol. The zero-order chi connectivity index (χ0) is 15.4. The molecule has 2 aromatic carbocycles. The number of aryl methyl sites for hydroxylation is 1. The number of rotatable bonds is 4. The van der Waals surface area contributed by atoms with Gasteiger partial charge in [0.05, 0.1) is 5.69 Å². The molecule has 5 heteroatoms. The molecule has 0 radical (unpaired) electrons. The lowest BCUT2D eigenvalue weighted by Gasteiger charge is -2.15. The molecule has 110 valence electrons. The quantitative estimate of drug-likeness (QED) is 0.891. The summed E-state index contributed by atoms with van der Waals surface area (Å²) >= 11 is 3.17. The van der Waals surface area contributed by atoms with Gasteiger partial charge in [0, 0.05) is 4.47 Å². The van der Waals surface area contributed by atoms with Gasteiger partial charge in [0.1, 0.15) is 11.6 Å². The smallest absolute Gasteiger partial charge is 0.265 e. The van der Waals surface area contributed by atoms with Gasteiger partial charge in [-0.1, -0.05) is 28.1 Å². The Morgan fingerprint density at radius 1 is 1.29 bits per heavy atom. The van der Waals surface area contributed by atoms with E-state index in [-0.39, 0.29) is 5.69 Å². The molecule has 0 aliphatic heterocycles. The zero-order valence-corrected chi connectivity index (χ0v) is 13.3. The molecule has 3 nitrogen and oxygen atoms in total. The van der Waals surface area contributed by atoms with Crippen LogP contribution in [0.15, 0.2) is 46.9 Å². The van der Waals surface area contributed by atoms with Crippen molar-refractivity contribution in [3.05, 3.63) is 58.3 Å². The maximum absolute atomic E-state index is 13.7. The van der Waals surface area contributed by atoms with Crippen LogP contribution >= 0.6 is 15.9 Å². The molecule has 1 atom stereocenters. The molecule has 0 unspecified atom stereocenters. The molecule has 0 aromatic heterocycles. The summed E-state index contributed by atoms with van der Waals surface area (Å²) in [5.41, 5.74) is 1.17. The fraction of sp³-hybridized carbons (Fsp3) is 0.188. The van der Waals surface area contributed by atoms with Crippen LogP contribution in [0, 0.1) is 12.7 Å². The van der Waals surface area contributed by atoms with Crippen LogP contribution in [0.5, 0.6) is 5.75 Å². The van der Waals surface area contributed by atoms with Crippen LogP contribution in [0.25, 0.3) is 0 Å². The van der Waals surface area contributed by atoms with Gasteiger partial charge >= 0.3 is 0 Å². The number of ether oxygens (including phenoxy) is 1. The topological polar surface area (TPSA) is 38.3 Å². The van der Waals surface area contributed by atoms with E-state index in [1.807, 2.05) is 25.1 Å². The molecule has 0 heterocycles. The van der Waals surface area contributed by atoms with E-state index in [1.54, 1.807) is 19.1 Å². The van der Waals surface area contributed by atoms with E-state index < -0.39 is 17.8 Å². The third-order valence-electron chi connectivity index (χ3n) is 2.86.